The van der Waals surface area contributed by atoms with Gasteiger partial charge < -0.3 is 15.4 Å². The second-order valence-electron chi connectivity index (χ2n) is 4.20. The first-order valence-corrected chi connectivity index (χ1v) is 6.74. The van der Waals surface area contributed by atoms with Crippen molar-refractivity contribution in [1.82, 2.24) is 5.32 Å². The minimum Gasteiger partial charge on any atom is -0.382 e. The third kappa shape index (κ3) is 5.02. The largest absolute Gasteiger partial charge is 0.382 e. The van der Waals surface area contributed by atoms with Gasteiger partial charge in [0.1, 0.15) is 0 Å². The second-order valence-corrected chi connectivity index (χ2v) is 4.61. The molecule has 18 heavy (non-hydrogen) atoms. The van der Waals surface area contributed by atoms with Gasteiger partial charge in [-0.25, -0.2) is 0 Å². The van der Waals surface area contributed by atoms with Crippen LogP contribution < -0.4 is 10.6 Å². The Kier molecular flexibility index (Phi) is 6.68. The van der Waals surface area contributed by atoms with Crippen LogP contribution in [0.4, 0.5) is 5.69 Å². The Bertz CT molecular complexity index is 373. The van der Waals surface area contributed by atoms with E-state index in [9.17, 15) is 0 Å². The fourth-order valence-electron chi connectivity index (χ4n) is 1.69. The van der Waals surface area contributed by atoms with Crippen molar-refractivity contribution < 1.29 is 4.74 Å². The van der Waals surface area contributed by atoms with Crippen molar-refractivity contribution in [2.75, 3.05) is 25.1 Å². The lowest BCUT2D eigenvalue weighted by molar-refractivity contribution is 0.146. The zero-order valence-corrected chi connectivity index (χ0v) is 12.2. The molecule has 0 spiro atoms. The topological polar surface area (TPSA) is 33.3 Å². The summed E-state index contributed by atoms with van der Waals surface area (Å²) in [6.45, 7) is 8.53. The molecule has 0 radical (unpaired) electrons. The number of thiocarbonyl (C=S) groups is 1. The molecule has 1 rings (SSSR count). The van der Waals surface area contributed by atoms with Gasteiger partial charge in [0.2, 0.25) is 0 Å². The van der Waals surface area contributed by atoms with Gasteiger partial charge in [-0.2, -0.15) is 0 Å². The molecule has 2 N–H and O–H groups in total. The molecule has 0 heterocycles. The van der Waals surface area contributed by atoms with Gasteiger partial charge >= 0.3 is 0 Å². The molecule has 100 valence electrons. The van der Waals surface area contributed by atoms with E-state index >= 15 is 0 Å². The summed E-state index contributed by atoms with van der Waals surface area (Å²) in [5.41, 5.74) is 3.50. The summed E-state index contributed by atoms with van der Waals surface area (Å²) in [4.78, 5) is 0. The molecule has 0 unspecified atom stereocenters. The average Bonchev–Trinajstić information content (AvgIpc) is 2.34. The van der Waals surface area contributed by atoms with Crippen LogP contribution in [-0.2, 0) is 4.74 Å². The van der Waals surface area contributed by atoms with E-state index in [2.05, 4.69) is 42.7 Å². The van der Waals surface area contributed by atoms with Crippen molar-refractivity contribution in [3.05, 3.63) is 29.3 Å². The van der Waals surface area contributed by atoms with Gasteiger partial charge in [-0.1, -0.05) is 18.2 Å². The minimum absolute atomic E-state index is 0.670. The summed E-state index contributed by atoms with van der Waals surface area (Å²) in [5.74, 6) is 0. The highest BCUT2D eigenvalue weighted by atomic mass is 32.1. The first-order chi connectivity index (χ1) is 8.65. The van der Waals surface area contributed by atoms with Crippen LogP contribution >= 0.6 is 12.2 Å². The Morgan fingerprint density at radius 3 is 2.56 bits per heavy atom. The van der Waals surface area contributed by atoms with E-state index in [4.69, 9.17) is 17.0 Å². The molecule has 0 aliphatic rings. The molecule has 1 aromatic rings. The normalized spacial score (nSPS) is 10.2. The fraction of sp³-hybridized carbons (Fsp3) is 0.500. The number of hydrogen-bond acceptors (Lipinski definition) is 2. The van der Waals surface area contributed by atoms with Gasteiger partial charge in [0.15, 0.2) is 5.11 Å². The van der Waals surface area contributed by atoms with Crippen molar-refractivity contribution in [2.45, 2.75) is 27.2 Å². The van der Waals surface area contributed by atoms with Gasteiger partial charge in [0.25, 0.3) is 0 Å². The molecule has 0 saturated carbocycles. The summed E-state index contributed by atoms with van der Waals surface area (Å²) in [7, 11) is 0. The van der Waals surface area contributed by atoms with Crippen LogP contribution in [0.25, 0.3) is 0 Å². The summed E-state index contributed by atoms with van der Waals surface area (Å²) in [6.07, 6.45) is 0.961. The van der Waals surface area contributed by atoms with Gasteiger partial charge in [-0.15, -0.1) is 0 Å². The maximum Gasteiger partial charge on any atom is 0.170 e. The van der Waals surface area contributed by atoms with E-state index in [0.717, 1.165) is 31.9 Å². The van der Waals surface area contributed by atoms with Crippen LogP contribution in [0.2, 0.25) is 0 Å². The smallest absolute Gasteiger partial charge is 0.170 e. The van der Waals surface area contributed by atoms with Crippen molar-refractivity contribution in [1.29, 1.82) is 0 Å². The number of benzene rings is 1. The van der Waals surface area contributed by atoms with Crippen LogP contribution in [0.15, 0.2) is 18.2 Å². The molecular formula is C14H22N2OS. The molecule has 0 saturated heterocycles. The molecule has 0 fully saturated rings. The number of ether oxygens (including phenoxy) is 1. The van der Waals surface area contributed by atoms with E-state index in [-0.39, 0.29) is 0 Å². The third-order valence-electron chi connectivity index (χ3n) is 2.67. The monoisotopic (exact) mass is 266 g/mol. The van der Waals surface area contributed by atoms with Gasteiger partial charge in [-0.05, 0) is 50.5 Å². The average molecular weight is 266 g/mol. The fourth-order valence-corrected chi connectivity index (χ4v) is 1.89. The van der Waals surface area contributed by atoms with Crippen molar-refractivity contribution in [2.24, 2.45) is 0 Å². The molecule has 3 nitrogen and oxygen atoms in total. The quantitative estimate of drug-likeness (QED) is 0.612. The number of anilines is 1. The zero-order chi connectivity index (χ0) is 13.4. The summed E-state index contributed by atoms with van der Waals surface area (Å²) >= 11 is 5.27. The van der Waals surface area contributed by atoms with Crippen LogP contribution in [0.3, 0.4) is 0 Å². The summed E-state index contributed by atoms with van der Waals surface area (Å²) in [6, 6.07) is 6.20. The van der Waals surface area contributed by atoms with E-state index in [1.165, 1.54) is 11.1 Å². The van der Waals surface area contributed by atoms with E-state index in [1.54, 1.807) is 0 Å². The number of para-hydroxylation sites is 1. The lowest BCUT2D eigenvalue weighted by Crippen LogP contribution is -2.30. The number of aryl methyl sites for hydroxylation is 2. The molecule has 0 amide bonds. The SMILES string of the molecule is CCOCCCNC(=S)Nc1c(C)cccc1C. The van der Waals surface area contributed by atoms with Gasteiger partial charge in [0.05, 0.1) is 0 Å². The maximum atomic E-state index is 5.27. The van der Waals surface area contributed by atoms with Crippen LogP contribution in [0.5, 0.6) is 0 Å². The minimum atomic E-state index is 0.670. The highest BCUT2D eigenvalue weighted by Crippen LogP contribution is 2.18. The van der Waals surface area contributed by atoms with E-state index < -0.39 is 0 Å². The molecular weight excluding hydrogens is 244 g/mol. The van der Waals surface area contributed by atoms with Gasteiger partial charge in [-0.3, -0.25) is 0 Å². The lowest BCUT2D eigenvalue weighted by Gasteiger charge is -2.14. The number of nitrogens with one attached hydrogen (secondary N) is 2. The molecule has 1 aromatic carbocycles. The van der Waals surface area contributed by atoms with Crippen LogP contribution in [-0.4, -0.2) is 24.9 Å². The van der Waals surface area contributed by atoms with Crippen molar-refractivity contribution in [3.8, 4) is 0 Å². The Morgan fingerprint density at radius 2 is 1.94 bits per heavy atom. The number of hydrogen-bond donors (Lipinski definition) is 2. The first kappa shape index (κ1) is 14.9. The highest BCUT2D eigenvalue weighted by molar-refractivity contribution is 7.80. The summed E-state index contributed by atoms with van der Waals surface area (Å²) < 4.78 is 5.27. The standard InChI is InChI=1S/C14H22N2OS/c1-4-17-10-6-9-15-14(18)16-13-11(2)7-5-8-12(13)3/h5,7-8H,4,6,9-10H2,1-3H3,(H2,15,16,18). The zero-order valence-electron chi connectivity index (χ0n) is 11.4. The molecule has 0 bridgehead atoms. The molecule has 0 aromatic heterocycles. The van der Waals surface area contributed by atoms with E-state index in [0.29, 0.717) is 5.11 Å². The molecule has 0 aliphatic heterocycles. The second kappa shape index (κ2) is 8.06. The number of rotatable bonds is 6. The lowest BCUT2D eigenvalue weighted by atomic mass is 10.1. The van der Waals surface area contributed by atoms with Crippen LogP contribution in [0.1, 0.15) is 24.5 Å². The first-order valence-electron chi connectivity index (χ1n) is 6.34. The molecule has 0 atom stereocenters. The Balaban J connectivity index is 2.36. The van der Waals surface area contributed by atoms with E-state index in [1.807, 2.05) is 6.92 Å². The van der Waals surface area contributed by atoms with Crippen molar-refractivity contribution in [3.63, 3.8) is 0 Å². The molecule has 0 aliphatic carbocycles. The summed E-state index contributed by atoms with van der Waals surface area (Å²) in [5, 5.41) is 7.10. The Hall–Kier alpha value is -1.13. The third-order valence-corrected chi connectivity index (χ3v) is 2.92. The van der Waals surface area contributed by atoms with Crippen molar-refractivity contribution >= 4 is 23.0 Å². The Labute approximate surface area is 115 Å². The Morgan fingerprint density at radius 1 is 1.28 bits per heavy atom. The van der Waals surface area contributed by atoms with Crippen LogP contribution in [0, 0.1) is 13.8 Å². The predicted octanol–water partition coefficient (Wildman–Crippen LogP) is 3.02. The maximum absolute atomic E-state index is 5.27. The van der Waals surface area contributed by atoms with Gasteiger partial charge in [0, 0.05) is 25.4 Å². The highest BCUT2D eigenvalue weighted by Gasteiger charge is 2.03. The molecule has 4 heteroatoms. The predicted molar refractivity (Wildman–Crippen MR) is 81.2 cm³/mol.